The SMILES string of the molecule is CC(C)(F)CN1CCC(COc2ccc(-c3ccc(C(=O)N4CC(F)CC4C([NH3+])=O)c(F)c3)c(C#N)c2)CC1. The molecule has 2 unspecified atom stereocenters. The van der Waals surface area contributed by atoms with Crippen molar-refractivity contribution in [1.29, 1.82) is 5.26 Å². The summed E-state index contributed by atoms with van der Waals surface area (Å²) in [4.78, 5) is 27.8. The van der Waals surface area contributed by atoms with Crippen LogP contribution in [0.4, 0.5) is 13.2 Å². The van der Waals surface area contributed by atoms with E-state index >= 15 is 4.39 Å². The largest absolute Gasteiger partial charge is 0.493 e. The summed E-state index contributed by atoms with van der Waals surface area (Å²) in [7, 11) is 0. The average Bonchev–Trinajstić information content (AvgIpc) is 3.29. The Kier molecular flexibility index (Phi) is 8.62. The van der Waals surface area contributed by atoms with Crippen LogP contribution in [0.3, 0.4) is 0 Å². The van der Waals surface area contributed by atoms with Gasteiger partial charge in [0.1, 0.15) is 29.4 Å². The summed E-state index contributed by atoms with van der Waals surface area (Å²) in [5.74, 6) is -1.34. The van der Waals surface area contributed by atoms with Crippen LogP contribution >= 0.6 is 0 Å². The Morgan fingerprint density at radius 1 is 1.18 bits per heavy atom. The number of halogens is 3. The third-order valence-electron chi connectivity index (χ3n) is 7.30. The number of likely N-dealkylation sites (tertiary alicyclic amines) is 2. The van der Waals surface area contributed by atoms with Crippen molar-refractivity contribution in [3.63, 3.8) is 0 Å². The van der Waals surface area contributed by atoms with Crippen LogP contribution in [-0.4, -0.2) is 72.3 Å². The Morgan fingerprint density at radius 3 is 2.51 bits per heavy atom. The highest BCUT2D eigenvalue weighted by Gasteiger charge is 2.41. The van der Waals surface area contributed by atoms with E-state index in [2.05, 4.69) is 16.7 Å². The van der Waals surface area contributed by atoms with Crippen LogP contribution in [0.15, 0.2) is 36.4 Å². The van der Waals surface area contributed by atoms with Gasteiger partial charge in [-0.25, -0.2) is 18.0 Å². The highest BCUT2D eigenvalue weighted by atomic mass is 19.1. The number of nitrogens with zero attached hydrogens (tertiary/aromatic N) is 3. The van der Waals surface area contributed by atoms with Crippen molar-refractivity contribution in [2.45, 2.75) is 51.0 Å². The molecule has 2 amide bonds. The zero-order valence-corrected chi connectivity index (χ0v) is 22.3. The number of nitriles is 1. The van der Waals surface area contributed by atoms with E-state index in [-0.39, 0.29) is 24.1 Å². The predicted octanol–water partition coefficient (Wildman–Crippen LogP) is 3.52. The van der Waals surface area contributed by atoms with Crippen molar-refractivity contribution >= 4 is 11.8 Å². The van der Waals surface area contributed by atoms with Gasteiger partial charge in [0.15, 0.2) is 0 Å². The molecule has 3 N–H and O–H groups in total. The van der Waals surface area contributed by atoms with Gasteiger partial charge in [0.05, 0.1) is 30.3 Å². The van der Waals surface area contributed by atoms with Gasteiger partial charge in [-0.3, -0.25) is 10.5 Å². The monoisotopic (exact) mass is 543 g/mol. The number of rotatable bonds is 8. The van der Waals surface area contributed by atoms with Crippen molar-refractivity contribution in [3.8, 4) is 22.9 Å². The molecule has 0 saturated carbocycles. The fourth-order valence-electron chi connectivity index (χ4n) is 5.34. The Hall–Kier alpha value is -3.42. The maximum absolute atomic E-state index is 15.1. The Labute approximate surface area is 226 Å². The van der Waals surface area contributed by atoms with Crippen LogP contribution in [0.2, 0.25) is 0 Å². The molecule has 4 rings (SSSR count). The minimum Gasteiger partial charge on any atom is -0.493 e. The number of carbonyl (C=O) groups is 2. The number of hydrogen-bond acceptors (Lipinski definition) is 5. The molecule has 0 spiro atoms. The fraction of sp³-hybridized carbons (Fsp3) is 0.483. The van der Waals surface area contributed by atoms with Crippen LogP contribution in [0.25, 0.3) is 11.1 Å². The molecule has 39 heavy (non-hydrogen) atoms. The first-order valence-electron chi connectivity index (χ1n) is 13.1. The van der Waals surface area contributed by atoms with Crippen molar-refractivity contribution in [2.24, 2.45) is 5.92 Å². The fourth-order valence-corrected chi connectivity index (χ4v) is 5.34. The number of carbonyl (C=O) groups excluding carboxylic acids is 2. The van der Waals surface area contributed by atoms with Crippen molar-refractivity contribution < 1.29 is 33.2 Å². The van der Waals surface area contributed by atoms with E-state index in [1.165, 1.54) is 12.1 Å². The molecule has 0 radical (unpaired) electrons. The number of amides is 2. The second-order valence-corrected chi connectivity index (χ2v) is 11.0. The average molecular weight is 544 g/mol. The van der Waals surface area contributed by atoms with Crippen molar-refractivity contribution in [2.75, 3.05) is 32.8 Å². The van der Waals surface area contributed by atoms with E-state index in [4.69, 9.17) is 4.74 Å². The standard InChI is InChI=1S/C29H33F3N4O3/c1-29(2,32)17-35-9-7-18(8-10-35)16-39-22-4-6-23(20(11-22)14-33)19-3-5-24(25(31)12-19)28(38)36-15-21(30)13-26(36)27(34)37/h3-6,11-12,18,21,26H,7-10,13,15-17H2,1-2H3,(H2,34,37)/p+1. The van der Waals surface area contributed by atoms with Gasteiger partial charge in [0.25, 0.3) is 5.91 Å². The smallest absolute Gasteiger partial charge is 0.331 e. The molecule has 2 aliphatic rings. The maximum Gasteiger partial charge on any atom is 0.331 e. The van der Waals surface area contributed by atoms with Crippen molar-refractivity contribution in [3.05, 3.63) is 53.3 Å². The highest BCUT2D eigenvalue weighted by molar-refractivity contribution is 5.97. The topological polar surface area (TPSA) is 101 Å². The van der Waals surface area contributed by atoms with Gasteiger partial charge >= 0.3 is 5.91 Å². The summed E-state index contributed by atoms with van der Waals surface area (Å²) in [6.07, 6.45) is 0.283. The minimum atomic E-state index is -1.37. The molecule has 2 saturated heterocycles. The number of hydrogen-bond donors (Lipinski definition) is 1. The van der Waals surface area contributed by atoms with Gasteiger partial charge < -0.3 is 14.5 Å². The minimum absolute atomic E-state index is 0.148. The molecule has 2 atom stereocenters. The highest BCUT2D eigenvalue weighted by Crippen LogP contribution is 2.31. The van der Waals surface area contributed by atoms with Gasteiger partial charge in [0, 0.05) is 13.0 Å². The molecule has 0 aliphatic carbocycles. The molecule has 0 bridgehead atoms. The second kappa shape index (κ2) is 11.8. The van der Waals surface area contributed by atoms with E-state index in [9.17, 15) is 23.6 Å². The molecule has 0 aromatic heterocycles. The Morgan fingerprint density at radius 2 is 1.90 bits per heavy atom. The number of ether oxygens (including phenoxy) is 1. The Balaban J connectivity index is 1.42. The molecule has 2 aromatic carbocycles. The van der Waals surface area contributed by atoms with Crippen LogP contribution in [0.5, 0.6) is 5.75 Å². The quantitative estimate of drug-likeness (QED) is 0.549. The lowest BCUT2D eigenvalue weighted by Gasteiger charge is -2.34. The third kappa shape index (κ3) is 6.97. The summed E-state index contributed by atoms with van der Waals surface area (Å²) in [6.45, 7) is 5.39. The van der Waals surface area contributed by atoms with Gasteiger partial charge in [0.2, 0.25) is 0 Å². The van der Waals surface area contributed by atoms with E-state index in [1.807, 2.05) is 0 Å². The van der Waals surface area contributed by atoms with Crippen LogP contribution in [-0.2, 0) is 4.79 Å². The molecule has 10 heteroatoms. The zero-order valence-electron chi connectivity index (χ0n) is 22.3. The summed E-state index contributed by atoms with van der Waals surface area (Å²) >= 11 is 0. The summed E-state index contributed by atoms with van der Waals surface area (Å²) < 4.78 is 48.8. The number of piperidine rings is 1. The molecule has 208 valence electrons. The number of quaternary nitrogens is 1. The second-order valence-electron chi connectivity index (χ2n) is 11.0. The predicted molar refractivity (Wildman–Crippen MR) is 139 cm³/mol. The molecule has 7 nitrogen and oxygen atoms in total. The first kappa shape index (κ1) is 28.6. The molecular formula is C29H34F3N4O3+. The number of benzene rings is 2. The Bertz CT molecular complexity index is 1270. The van der Waals surface area contributed by atoms with Gasteiger partial charge in [-0.15, -0.1) is 0 Å². The number of alkyl halides is 2. The lowest BCUT2D eigenvalue weighted by atomic mass is 9.96. The lowest BCUT2D eigenvalue weighted by Crippen LogP contribution is -2.65. The molecule has 2 aromatic rings. The third-order valence-corrected chi connectivity index (χ3v) is 7.30. The van der Waals surface area contributed by atoms with Crippen LogP contribution in [0, 0.1) is 23.1 Å². The first-order valence-corrected chi connectivity index (χ1v) is 13.1. The zero-order chi connectivity index (χ0) is 28.3. The molecule has 2 fully saturated rings. The summed E-state index contributed by atoms with van der Waals surface area (Å²) in [5.41, 5.74) is 2.94. The van der Waals surface area contributed by atoms with E-state index in [0.717, 1.165) is 36.9 Å². The van der Waals surface area contributed by atoms with E-state index in [0.29, 0.717) is 35.9 Å². The van der Waals surface area contributed by atoms with Crippen LogP contribution in [0.1, 0.15) is 49.0 Å². The summed E-state index contributed by atoms with van der Waals surface area (Å²) in [6, 6.07) is 10.0. The van der Waals surface area contributed by atoms with Crippen LogP contribution < -0.4 is 10.5 Å². The van der Waals surface area contributed by atoms with Gasteiger partial charge in [-0.2, -0.15) is 5.26 Å². The summed E-state index contributed by atoms with van der Waals surface area (Å²) in [5, 5.41) is 9.74. The molecular weight excluding hydrogens is 509 g/mol. The lowest BCUT2D eigenvalue weighted by molar-refractivity contribution is -0.310. The van der Waals surface area contributed by atoms with Gasteiger partial charge in [-0.05, 0) is 87.2 Å². The first-order chi connectivity index (χ1) is 18.4. The van der Waals surface area contributed by atoms with E-state index < -0.39 is 35.5 Å². The van der Waals surface area contributed by atoms with E-state index in [1.54, 1.807) is 32.0 Å². The van der Waals surface area contributed by atoms with Crippen molar-refractivity contribution in [1.82, 2.24) is 9.80 Å². The maximum atomic E-state index is 15.1. The van der Waals surface area contributed by atoms with Gasteiger partial charge in [-0.1, -0.05) is 6.07 Å². The molecule has 2 heterocycles. The normalized spacial score (nSPS) is 20.6. The molecule has 2 aliphatic heterocycles.